The molecule has 2 heteroatoms. The lowest BCUT2D eigenvalue weighted by Crippen LogP contribution is -1.64. The first-order valence-corrected chi connectivity index (χ1v) is 1.85. The Morgan fingerprint density at radius 1 is 1.67 bits per heavy atom. The van der Waals surface area contributed by atoms with Gasteiger partial charge in [0.05, 0.1) is 0 Å². The Balaban J connectivity index is 0. The third-order valence-corrected chi connectivity index (χ3v) is 0.407. The molecule has 0 aromatic rings. The van der Waals surface area contributed by atoms with E-state index in [-0.39, 0.29) is 17.4 Å². The van der Waals surface area contributed by atoms with Gasteiger partial charge >= 0.3 is 0 Å². The smallest absolute Gasteiger partial charge is 0.187 e. The highest BCUT2D eigenvalue weighted by molar-refractivity contribution is 5.75. The monoisotopic (exact) mass is 102 g/mol. The summed E-state index contributed by atoms with van der Waals surface area (Å²) in [6.45, 7) is 1.98. The Kier molecular flexibility index (Phi) is 14.2. The van der Waals surface area contributed by atoms with Gasteiger partial charge in [-0.1, -0.05) is 6.92 Å². The molecule has 1 nitrogen and oxygen atoms in total. The second kappa shape index (κ2) is 8.96. The molecule has 0 rings (SSSR count). The van der Waals surface area contributed by atoms with Gasteiger partial charge < -0.3 is 4.79 Å². The van der Waals surface area contributed by atoms with Crippen molar-refractivity contribution < 1.29 is 4.79 Å². The summed E-state index contributed by atoms with van der Waals surface area (Å²) in [7, 11) is 0. The lowest BCUT2D eigenvalue weighted by atomic mass is 10.4. The Morgan fingerprint density at radius 3 is 2.17 bits per heavy atom. The molecular formula is C4H11AlO. The van der Waals surface area contributed by atoms with E-state index < -0.39 is 0 Å². The van der Waals surface area contributed by atoms with E-state index in [9.17, 15) is 4.79 Å². The molecule has 0 N–H and O–H groups in total. The highest BCUT2D eigenvalue weighted by atomic mass is 27.0. The van der Waals surface area contributed by atoms with Crippen LogP contribution in [0.15, 0.2) is 0 Å². The first kappa shape index (κ1) is 9.51. The molecule has 0 unspecified atom stereocenters. The molecule has 0 aliphatic heterocycles. The number of aldehydes is 1. The third kappa shape index (κ3) is 8.88. The number of carbonyl (C=O) groups excluding carboxylic acids is 1. The molecule has 0 aromatic carbocycles. The molecule has 36 valence electrons. The van der Waals surface area contributed by atoms with Crippen LogP contribution >= 0.6 is 0 Å². The van der Waals surface area contributed by atoms with Crippen molar-refractivity contribution in [3.63, 3.8) is 0 Å². The Labute approximate surface area is 48.9 Å². The summed E-state index contributed by atoms with van der Waals surface area (Å²) < 4.78 is 0. The van der Waals surface area contributed by atoms with E-state index in [0.717, 1.165) is 12.7 Å². The number of carbonyl (C=O) groups is 1. The van der Waals surface area contributed by atoms with Gasteiger partial charge in [-0.25, -0.2) is 0 Å². The van der Waals surface area contributed by atoms with E-state index >= 15 is 0 Å². The van der Waals surface area contributed by atoms with Crippen LogP contribution < -0.4 is 0 Å². The number of hydrogen-bond donors (Lipinski definition) is 0. The molecule has 0 saturated carbocycles. The maximum absolute atomic E-state index is 9.40. The summed E-state index contributed by atoms with van der Waals surface area (Å²) in [5.41, 5.74) is 0. The van der Waals surface area contributed by atoms with Crippen molar-refractivity contribution in [2.24, 2.45) is 0 Å². The van der Waals surface area contributed by atoms with Crippen LogP contribution in [0.3, 0.4) is 0 Å². The van der Waals surface area contributed by atoms with Gasteiger partial charge in [0, 0.05) is 6.42 Å². The van der Waals surface area contributed by atoms with Gasteiger partial charge in [-0.05, 0) is 6.42 Å². The maximum Gasteiger partial charge on any atom is 0.187 e. The van der Waals surface area contributed by atoms with E-state index in [1.807, 2.05) is 6.92 Å². The van der Waals surface area contributed by atoms with Crippen molar-refractivity contribution in [1.82, 2.24) is 0 Å². The molecule has 0 aliphatic carbocycles. The second-order valence-corrected chi connectivity index (χ2v) is 0.955. The quantitative estimate of drug-likeness (QED) is 0.348. The van der Waals surface area contributed by atoms with Gasteiger partial charge in [0.25, 0.3) is 0 Å². The number of rotatable bonds is 2. The van der Waals surface area contributed by atoms with Crippen LogP contribution in [-0.4, -0.2) is 23.6 Å². The Bertz CT molecular complexity index is 28.7. The summed E-state index contributed by atoms with van der Waals surface area (Å²) in [4.78, 5) is 9.40. The van der Waals surface area contributed by atoms with Crippen LogP contribution in [0.1, 0.15) is 19.8 Å². The topological polar surface area (TPSA) is 17.1 Å². The minimum atomic E-state index is 0. The number of hydrogen-bond acceptors (Lipinski definition) is 1. The molecule has 0 aliphatic rings. The Hall–Kier alpha value is 0.202. The van der Waals surface area contributed by atoms with Crippen molar-refractivity contribution in [2.75, 3.05) is 0 Å². The zero-order valence-corrected chi connectivity index (χ0v) is 3.40. The maximum atomic E-state index is 9.40. The largest absolute Gasteiger partial charge is 0.303 e. The predicted molar refractivity (Wildman–Crippen MR) is 30.9 cm³/mol. The number of unbranched alkanes of at least 4 members (excludes halogenated alkanes) is 1. The zero-order valence-electron chi connectivity index (χ0n) is 3.40. The van der Waals surface area contributed by atoms with Crippen molar-refractivity contribution in [3.8, 4) is 0 Å². The lowest BCUT2D eigenvalue weighted by molar-refractivity contribution is -0.107. The summed E-state index contributed by atoms with van der Waals surface area (Å²) >= 11 is 0. The van der Waals surface area contributed by atoms with Gasteiger partial charge in [-0.15, -0.1) is 0 Å². The highest BCUT2D eigenvalue weighted by Gasteiger charge is 1.66. The lowest BCUT2D eigenvalue weighted by Gasteiger charge is -1.68. The molecule has 0 heterocycles. The molecule has 0 radical (unpaired) electrons. The van der Waals surface area contributed by atoms with Crippen LogP contribution in [0, 0.1) is 0 Å². The van der Waals surface area contributed by atoms with Gasteiger partial charge in [0.15, 0.2) is 17.4 Å². The molecule has 0 spiro atoms. The van der Waals surface area contributed by atoms with E-state index in [4.69, 9.17) is 0 Å². The van der Waals surface area contributed by atoms with E-state index in [2.05, 4.69) is 0 Å². The molecule has 0 fully saturated rings. The van der Waals surface area contributed by atoms with Gasteiger partial charge in [-0.2, -0.15) is 0 Å². The van der Waals surface area contributed by atoms with Crippen LogP contribution in [-0.2, 0) is 4.79 Å². The van der Waals surface area contributed by atoms with Gasteiger partial charge in [0.2, 0.25) is 0 Å². The molecule has 6 heavy (non-hydrogen) atoms. The van der Waals surface area contributed by atoms with Crippen molar-refractivity contribution in [3.05, 3.63) is 0 Å². The summed E-state index contributed by atoms with van der Waals surface area (Å²) in [6.07, 6.45) is 2.61. The van der Waals surface area contributed by atoms with E-state index in [1.165, 1.54) is 0 Å². The van der Waals surface area contributed by atoms with Crippen molar-refractivity contribution >= 4 is 23.6 Å². The third-order valence-electron chi connectivity index (χ3n) is 0.407. The first-order chi connectivity index (χ1) is 2.41. The average Bonchev–Trinajstić information content (AvgIpc) is 1.41. The van der Waals surface area contributed by atoms with Gasteiger partial charge in [0.1, 0.15) is 6.29 Å². The predicted octanol–water partition coefficient (Wildman–Crippen LogP) is -0.198. The summed E-state index contributed by atoms with van der Waals surface area (Å²) in [6, 6.07) is 0. The van der Waals surface area contributed by atoms with E-state index in [1.54, 1.807) is 0 Å². The fourth-order valence-electron chi connectivity index (χ4n) is 0.118. The van der Waals surface area contributed by atoms with Crippen LogP contribution in [0.4, 0.5) is 0 Å². The van der Waals surface area contributed by atoms with Crippen molar-refractivity contribution in [2.45, 2.75) is 19.8 Å². The molecule has 0 bridgehead atoms. The molecule has 0 saturated heterocycles. The minimum Gasteiger partial charge on any atom is -0.303 e. The minimum absolute atomic E-state index is 0. The first-order valence-electron chi connectivity index (χ1n) is 1.85. The SMILES string of the molecule is CCCC=O.[AlH3]. The highest BCUT2D eigenvalue weighted by Crippen LogP contribution is 1.74. The Morgan fingerprint density at radius 2 is 2.17 bits per heavy atom. The van der Waals surface area contributed by atoms with Crippen molar-refractivity contribution in [1.29, 1.82) is 0 Å². The fraction of sp³-hybridized carbons (Fsp3) is 0.750. The second-order valence-electron chi connectivity index (χ2n) is 0.955. The van der Waals surface area contributed by atoms with E-state index in [0.29, 0.717) is 6.42 Å². The van der Waals surface area contributed by atoms with Crippen LogP contribution in [0.5, 0.6) is 0 Å². The average molecular weight is 102 g/mol. The molecule has 0 aromatic heterocycles. The van der Waals surface area contributed by atoms with Crippen LogP contribution in [0.25, 0.3) is 0 Å². The normalized spacial score (nSPS) is 6.17. The van der Waals surface area contributed by atoms with Crippen LogP contribution in [0.2, 0.25) is 0 Å². The standard InChI is InChI=1S/C4H8O.Al.3H/c1-2-3-4-5;;;;/h4H,2-3H2,1H3;;;;. The summed E-state index contributed by atoms with van der Waals surface area (Å²) in [5, 5.41) is 0. The molecule has 0 amide bonds. The molecule has 0 atom stereocenters. The zero-order chi connectivity index (χ0) is 4.12. The van der Waals surface area contributed by atoms with Gasteiger partial charge in [-0.3, -0.25) is 0 Å². The molecular weight excluding hydrogens is 91.0 g/mol. The summed E-state index contributed by atoms with van der Waals surface area (Å²) in [5.74, 6) is 0. The fourth-order valence-corrected chi connectivity index (χ4v) is 0.118.